The molecule has 0 bridgehead atoms. The Kier molecular flexibility index (Phi) is 1.76. The van der Waals surface area contributed by atoms with Gasteiger partial charge in [-0.3, -0.25) is 0 Å². The molecule has 0 aliphatic carbocycles. The summed E-state index contributed by atoms with van der Waals surface area (Å²) >= 11 is 0. The first kappa shape index (κ1) is 6.87. The van der Waals surface area contributed by atoms with Crippen LogP contribution in [0.3, 0.4) is 0 Å². The Bertz CT molecular complexity index is 185. The van der Waals surface area contributed by atoms with Gasteiger partial charge < -0.3 is 10.0 Å². The van der Waals surface area contributed by atoms with Gasteiger partial charge in [-0.05, 0) is 6.42 Å². The largest absolute Gasteiger partial charge is 0.465 e. The second-order valence-corrected chi connectivity index (χ2v) is 2.34. The third kappa shape index (κ3) is 1.18. The molecule has 0 aromatic heterocycles. The molecular weight excluding hydrogens is 132 g/mol. The topological polar surface area (TPSA) is 64.3 Å². The molecule has 1 heterocycles. The highest BCUT2D eigenvalue weighted by molar-refractivity contribution is 5.65. The van der Waals surface area contributed by atoms with Gasteiger partial charge >= 0.3 is 6.09 Å². The smallest absolute Gasteiger partial charge is 0.407 e. The third-order valence-corrected chi connectivity index (χ3v) is 1.64. The first-order valence-electron chi connectivity index (χ1n) is 3.11. The van der Waals surface area contributed by atoms with Crippen LogP contribution in [-0.4, -0.2) is 29.2 Å². The van der Waals surface area contributed by atoms with Crippen LogP contribution >= 0.6 is 0 Å². The first-order chi connectivity index (χ1) is 4.74. The van der Waals surface area contributed by atoms with Crippen molar-refractivity contribution in [3.63, 3.8) is 0 Å². The molecule has 1 fully saturated rings. The van der Waals surface area contributed by atoms with Crippen LogP contribution in [0.2, 0.25) is 0 Å². The summed E-state index contributed by atoms with van der Waals surface area (Å²) in [6.45, 7) is 0.888. The molecule has 0 aromatic carbocycles. The van der Waals surface area contributed by atoms with Gasteiger partial charge in [0.2, 0.25) is 0 Å². The zero-order valence-corrected chi connectivity index (χ0v) is 5.45. The molecule has 1 aliphatic rings. The van der Waals surface area contributed by atoms with E-state index in [0.29, 0.717) is 19.5 Å². The number of nitriles is 1. The van der Waals surface area contributed by atoms with Crippen LogP contribution in [0.5, 0.6) is 0 Å². The Morgan fingerprint density at radius 3 is 2.80 bits per heavy atom. The highest BCUT2D eigenvalue weighted by Gasteiger charge is 2.24. The number of likely N-dealkylation sites (tertiary alicyclic amines) is 1. The van der Waals surface area contributed by atoms with Gasteiger partial charge in [0.05, 0.1) is 12.0 Å². The highest BCUT2D eigenvalue weighted by atomic mass is 16.4. The molecule has 1 atom stereocenters. The van der Waals surface area contributed by atoms with Crippen molar-refractivity contribution in [2.45, 2.75) is 6.42 Å². The van der Waals surface area contributed by atoms with Crippen LogP contribution in [0, 0.1) is 17.2 Å². The van der Waals surface area contributed by atoms with Gasteiger partial charge in [0.25, 0.3) is 0 Å². The summed E-state index contributed by atoms with van der Waals surface area (Å²) in [5.41, 5.74) is 0. The minimum atomic E-state index is -0.919. The molecule has 1 N–H and O–H groups in total. The molecule has 1 amide bonds. The predicted molar refractivity (Wildman–Crippen MR) is 33.3 cm³/mol. The van der Waals surface area contributed by atoms with Crippen LogP contribution in [0.1, 0.15) is 6.42 Å². The lowest BCUT2D eigenvalue weighted by Gasteiger charge is -2.08. The van der Waals surface area contributed by atoms with E-state index < -0.39 is 6.09 Å². The lowest BCUT2D eigenvalue weighted by atomic mass is 10.1. The van der Waals surface area contributed by atoms with Crippen LogP contribution < -0.4 is 0 Å². The Morgan fingerprint density at radius 1 is 1.80 bits per heavy atom. The van der Waals surface area contributed by atoms with E-state index in [9.17, 15) is 4.79 Å². The van der Waals surface area contributed by atoms with Crippen molar-refractivity contribution in [3.8, 4) is 6.07 Å². The summed E-state index contributed by atoms with van der Waals surface area (Å²) in [6, 6.07) is 2.04. The lowest BCUT2D eigenvalue weighted by molar-refractivity contribution is 0.155. The SMILES string of the molecule is N#C[C@@H]1CCN(C(=O)O)C1. The van der Waals surface area contributed by atoms with Crippen molar-refractivity contribution in [1.29, 1.82) is 5.26 Å². The summed E-state index contributed by atoms with van der Waals surface area (Å²) in [5.74, 6) is -0.0869. The minimum Gasteiger partial charge on any atom is -0.465 e. The molecule has 1 saturated heterocycles. The monoisotopic (exact) mass is 140 g/mol. The molecule has 1 rings (SSSR count). The normalized spacial score (nSPS) is 24.3. The number of hydrogen-bond acceptors (Lipinski definition) is 2. The van der Waals surface area contributed by atoms with Crippen LogP contribution in [0.15, 0.2) is 0 Å². The van der Waals surface area contributed by atoms with Crippen molar-refractivity contribution in [2.75, 3.05) is 13.1 Å². The summed E-state index contributed by atoms with van der Waals surface area (Å²) in [5, 5.41) is 16.8. The summed E-state index contributed by atoms with van der Waals surface area (Å²) in [6.07, 6.45) is -0.235. The van der Waals surface area contributed by atoms with E-state index in [1.54, 1.807) is 0 Å². The molecule has 4 nitrogen and oxygen atoms in total. The van der Waals surface area contributed by atoms with Crippen molar-refractivity contribution in [3.05, 3.63) is 0 Å². The number of nitrogens with zero attached hydrogens (tertiary/aromatic N) is 2. The maximum absolute atomic E-state index is 10.3. The average molecular weight is 140 g/mol. The first-order valence-corrected chi connectivity index (χ1v) is 3.11. The highest BCUT2D eigenvalue weighted by Crippen LogP contribution is 2.14. The standard InChI is InChI=1S/C6H8N2O2/c7-3-5-1-2-8(4-5)6(9)10/h5H,1-2,4H2,(H,9,10)/t5-/m0/s1. The van der Waals surface area contributed by atoms with Gasteiger partial charge in [0.1, 0.15) is 0 Å². The quantitative estimate of drug-likeness (QED) is 0.533. The fourth-order valence-electron chi connectivity index (χ4n) is 1.04. The van der Waals surface area contributed by atoms with Gasteiger partial charge in [-0.1, -0.05) is 0 Å². The minimum absolute atomic E-state index is 0.0869. The van der Waals surface area contributed by atoms with Gasteiger partial charge in [0, 0.05) is 13.1 Å². The number of rotatable bonds is 0. The second-order valence-electron chi connectivity index (χ2n) is 2.34. The lowest BCUT2D eigenvalue weighted by Crippen LogP contribution is -2.26. The van der Waals surface area contributed by atoms with E-state index in [0.717, 1.165) is 0 Å². The van der Waals surface area contributed by atoms with E-state index in [-0.39, 0.29) is 5.92 Å². The van der Waals surface area contributed by atoms with Crippen molar-refractivity contribution in [1.82, 2.24) is 4.90 Å². The zero-order valence-electron chi connectivity index (χ0n) is 5.45. The molecule has 0 unspecified atom stereocenters. The summed E-state index contributed by atoms with van der Waals surface area (Å²) < 4.78 is 0. The van der Waals surface area contributed by atoms with Crippen molar-refractivity contribution >= 4 is 6.09 Å². The maximum Gasteiger partial charge on any atom is 0.407 e. The van der Waals surface area contributed by atoms with Gasteiger partial charge in [-0.25, -0.2) is 4.79 Å². The molecular formula is C6H8N2O2. The molecule has 4 heteroatoms. The molecule has 0 saturated carbocycles. The van der Waals surface area contributed by atoms with Crippen LogP contribution in [0.4, 0.5) is 4.79 Å². The number of hydrogen-bond donors (Lipinski definition) is 1. The van der Waals surface area contributed by atoms with Gasteiger partial charge in [-0.2, -0.15) is 5.26 Å². The number of carbonyl (C=O) groups is 1. The van der Waals surface area contributed by atoms with Crippen molar-refractivity contribution in [2.24, 2.45) is 5.92 Å². The predicted octanol–water partition coefficient (Wildman–Crippen LogP) is 0.510. The Balaban J connectivity index is 2.45. The molecule has 10 heavy (non-hydrogen) atoms. The third-order valence-electron chi connectivity index (χ3n) is 1.64. The van der Waals surface area contributed by atoms with E-state index >= 15 is 0 Å². The number of amides is 1. The van der Waals surface area contributed by atoms with Crippen LogP contribution in [-0.2, 0) is 0 Å². The molecule has 54 valence electrons. The average Bonchev–Trinajstić information content (AvgIpc) is 2.34. The van der Waals surface area contributed by atoms with Crippen LogP contribution in [0.25, 0.3) is 0 Å². The van der Waals surface area contributed by atoms with Crippen molar-refractivity contribution < 1.29 is 9.90 Å². The molecule has 1 aliphatic heterocycles. The maximum atomic E-state index is 10.3. The van der Waals surface area contributed by atoms with Gasteiger partial charge in [0.15, 0.2) is 0 Å². The summed E-state index contributed by atoms with van der Waals surface area (Å²) in [7, 11) is 0. The second kappa shape index (κ2) is 2.56. The Morgan fingerprint density at radius 2 is 2.50 bits per heavy atom. The summed E-state index contributed by atoms with van der Waals surface area (Å²) in [4.78, 5) is 11.6. The molecule has 0 aromatic rings. The fourth-order valence-corrected chi connectivity index (χ4v) is 1.04. The van der Waals surface area contributed by atoms with E-state index in [2.05, 4.69) is 0 Å². The zero-order chi connectivity index (χ0) is 7.56. The Labute approximate surface area is 58.7 Å². The Hall–Kier alpha value is -1.24. The molecule has 0 spiro atoms. The van der Waals surface area contributed by atoms with E-state index in [1.807, 2.05) is 6.07 Å². The van der Waals surface area contributed by atoms with E-state index in [4.69, 9.17) is 10.4 Å². The van der Waals surface area contributed by atoms with E-state index in [1.165, 1.54) is 4.90 Å². The molecule has 0 radical (unpaired) electrons. The fraction of sp³-hybridized carbons (Fsp3) is 0.667. The van der Waals surface area contributed by atoms with Gasteiger partial charge in [-0.15, -0.1) is 0 Å². The number of carboxylic acid groups (broad SMARTS) is 1.